The minimum absolute atomic E-state index is 0.353. The normalized spacial score (nSPS) is 26.6. The van der Waals surface area contributed by atoms with Gasteiger partial charge in [0.05, 0.1) is 12.7 Å². The van der Waals surface area contributed by atoms with Crippen LogP contribution in [0.25, 0.3) is 0 Å². The van der Waals surface area contributed by atoms with Gasteiger partial charge in [-0.1, -0.05) is 20.8 Å². The van der Waals surface area contributed by atoms with Gasteiger partial charge in [0.1, 0.15) is 0 Å². The van der Waals surface area contributed by atoms with Crippen molar-refractivity contribution in [2.45, 2.75) is 46.3 Å². The Balaban J connectivity index is 2.50. The molecular formula is C12H26N2O. The maximum absolute atomic E-state index is 5.87. The molecule has 1 rings (SSSR count). The number of hydrogen-bond acceptors (Lipinski definition) is 3. The van der Waals surface area contributed by atoms with Crippen LogP contribution < -0.4 is 5.73 Å². The van der Waals surface area contributed by atoms with Crippen molar-refractivity contribution in [2.75, 3.05) is 26.2 Å². The first kappa shape index (κ1) is 12.9. The summed E-state index contributed by atoms with van der Waals surface area (Å²) in [5, 5.41) is 0. The predicted molar refractivity (Wildman–Crippen MR) is 63.9 cm³/mol. The van der Waals surface area contributed by atoms with E-state index in [9.17, 15) is 0 Å². The van der Waals surface area contributed by atoms with Crippen molar-refractivity contribution in [1.82, 2.24) is 4.90 Å². The Morgan fingerprint density at radius 3 is 2.60 bits per heavy atom. The molecule has 0 bridgehead atoms. The first-order valence-electron chi connectivity index (χ1n) is 5.98. The maximum atomic E-state index is 5.87. The predicted octanol–water partition coefficient (Wildman–Crippen LogP) is 1.47. The second-order valence-electron chi connectivity index (χ2n) is 5.83. The zero-order valence-corrected chi connectivity index (χ0v) is 10.6. The fourth-order valence-corrected chi connectivity index (χ4v) is 2.25. The molecule has 3 nitrogen and oxygen atoms in total. The quantitative estimate of drug-likeness (QED) is 0.773. The van der Waals surface area contributed by atoms with Crippen LogP contribution >= 0.6 is 0 Å². The molecule has 3 heteroatoms. The molecule has 0 radical (unpaired) electrons. The molecule has 0 saturated carbocycles. The molecule has 1 saturated heterocycles. The van der Waals surface area contributed by atoms with E-state index < -0.39 is 0 Å². The van der Waals surface area contributed by atoms with E-state index in [4.69, 9.17) is 10.5 Å². The first-order chi connectivity index (χ1) is 6.92. The van der Waals surface area contributed by atoms with E-state index in [-0.39, 0.29) is 0 Å². The molecular weight excluding hydrogens is 188 g/mol. The van der Waals surface area contributed by atoms with Crippen molar-refractivity contribution in [3.63, 3.8) is 0 Å². The van der Waals surface area contributed by atoms with E-state index in [1.807, 2.05) is 0 Å². The smallest absolute Gasteiger partial charge is 0.0674 e. The van der Waals surface area contributed by atoms with Gasteiger partial charge in [0.2, 0.25) is 0 Å². The van der Waals surface area contributed by atoms with Crippen LogP contribution in [0.5, 0.6) is 0 Å². The van der Waals surface area contributed by atoms with Gasteiger partial charge >= 0.3 is 0 Å². The lowest BCUT2D eigenvalue weighted by atomic mass is 9.87. The molecule has 1 fully saturated rings. The van der Waals surface area contributed by atoms with Gasteiger partial charge in [0.15, 0.2) is 0 Å². The van der Waals surface area contributed by atoms with Crippen molar-refractivity contribution < 1.29 is 4.74 Å². The third-order valence-corrected chi connectivity index (χ3v) is 2.91. The van der Waals surface area contributed by atoms with Crippen molar-refractivity contribution in [2.24, 2.45) is 11.1 Å². The molecule has 1 aliphatic rings. The first-order valence-corrected chi connectivity index (χ1v) is 5.98. The summed E-state index contributed by atoms with van der Waals surface area (Å²) in [6, 6.07) is 0.511. The molecule has 2 N–H and O–H groups in total. The number of hydrogen-bond donors (Lipinski definition) is 1. The summed E-state index contributed by atoms with van der Waals surface area (Å²) >= 11 is 0. The highest BCUT2D eigenvalue weighted by Gasteiger charge is 2.26. The van der Waals surface area contributed by atoms with Crippen molar-refractivity contribution in [3.05, 3.63) is 0 Å². The summed E-state index contributed by atoms with van der Waals surface area (Å²) in [5.74, 6) is 0. The van der Waals surface area contributed by atoms with Gasteiger partial charge in [0, 0.05) is 25.7 Å². The zero-order valence-electron chi connectivity index (χ0n) is 10.6. The van der Waals surface area contributed by atoms with Crippen LogP contribution in [0.1, 0.15) is 34.1 Å². The van der Waals surface area contributed by atoms with Crippen LogP contribution in [0, 0.1) is 5.41 Å². The van der Waals surface area contributed by atoms with Gasteiger partial charge < -0.3 is 10.5 Å². The van der Waals surface area contributed by atoms with E-state index in [1.54, 1.807) is 0 Å². The number of rotatable bonds is 3. The second-order valence-corrected chi connectivity index (χ2v) is 5.83. The summed E-state index contributed by atoms with van der Waals surface area (Å²) in [5.41, 5.74) is 6.23. The van der Waals surface area contributed by atoms with E-state index >= 15 is 0 Å². The van der Waals surface area contributed by atoms with Crippen LogP contribution in [0.3, 0.4) is 0 Å². The molecule has 90 valence electrons. The molecule has 1 heterocycles. The topological polar surface area (TPSA) is 38.5 Å². The van der Waals surface area contributed by atoms with E-state index in [1.165, 1.54) is 0 Å². The lowest BCUT2D eigenvalue weighted by Crippen LogP contribution is -2.50. The average molecular weight is 214 g/mol. The lowest BCUT2D eigenvalue weighted by molar-refractivity contribution is -0.0380. The molecule has 0 aromatic carbocycles. The van der Waals surface area contributed by atoms with E-state index in [2.05, 4.69) is 32.6 Å². The monoisotopic (exact) mass is 214 g/mol. The van der Waals surface area contributed by atoms with Gasteiger partial charge in [-0.15, -0.1) is 0 Å². The number of ether oxygens (including phenoxy) is 1. The summed E-state index contributed by atoms with van der Waals surface area (Å²) in [7, 11) is 0. The highest BCUT2D eigenvalue weighted by Crippen LogP contribution is 2.24. The number of nitrogens with zero attached hydrogens (tertiary/aromatic N) is 1. The van der Waals surface area contributed by atoms with Gasteiger partial charge in [-0.25, -0.2) is 0 Å². The average Bonchev–Trinajstić information content (AvgIpc) is 2.13. The molecule has 2 unspecified atom stereocenters. The Morgan fingerprint density at radius 2 is 2.13 bits per heavy atom. The van der Waals surface area contributed by atoms with Crippen molar-refractivity contribution in [1.29, 1.82) is 0 Å². The van der Waals surface area contributed by atoms with E-state index in [0.717, 1.165) is 32.7 Å². The highest BCUT2D eigenvalue weighted by atomic mass is 16.5. The SMILES string of the molecule is CC1CN(C(CN)CC(C)(C)C)CCO1. The second kappa shape index (κ2) is 5.28. The fraction of sp³-hybridized carbons (Fsp3) is 1.00. The minimum atomic E-state index is 0.353. The zero-order chi connectivity index (χ0) is 11.5. The highest BCUT2D eigenvalue weighted by molar-refractivity contribution is 4.81. The van der Waals surface area contributed by atoms with Gasteiger partial charge in [0.25, 0.3) is 0 Å². The minimum Gasteiger partial charge on any atom is -0.376 e. The Kier molecular flexibility index (Phi) is 4.56. The Labute approximate surface area is 94.0 Å². The molecule has 15 heavy (non-hydrogen) atoms. The molecule has 2 atom stereocenters. The molecule has 0 aliphatic carbocycles. The Bertz CT molecular complexity index is 189. The summed E-state index contributed by atoms with van der Waals surface area (Å²) < 4.78 is 5.55. The number of nitrogens with two attached hydrogens (primary N) is 1. The Morgan fingerprint density at radius 1 is 1.47 bits per heavy atom. The third kappa shape index (κ3) is 4.49. The third-order valence-electron chi connectivity index (χ3n) is 2.91. The van der Waals surface area contributed by atoms with Gasteiger partial charge in [-0.05, 0) is 18.8 Å². The Hall–Kier alpha value is -0.120. The van der Waals surface area contributed by atoms with Crippen LogP contribution in [0.2, 0.25) is 0 Å². The van der Waals surface area contributed by atoms with Crippen LogP contribution in [0.15, 0.2) is 0 Å². The summed E-state index contributed by atoms with van der Waals surface area (Å²) in [6.07, 6.45) is 1.52. The number of morpholine rings is 1. The molecule has 0 aromatic heterocycles. The largest absolute Gasteiger partial charge is 0.376 e. The summed E-state index contributed by atoms with van der Waals surface area (Å²) in [4.78, 5) is 2.49. The molecule has 0 aromatic rings. The fourth-order valence-electron chi connectivity index (χ4n) is 2.25. The van der Waals surface area contributed by atoms with Crippen LogP contribution in [-0.4, -0.2) is 43.3 Å². The van der Waals surface area contributed by atoms with Gasteiger partial charge in [-0.2, -0.15) is 0 Å². The lowest BCUT2D eigenvalue weighted by Gasteiger charge is -2.39. The van der Waals surface area contributed by atoms with E-state index in [0.29, 0.717) is 17.6 Å². The molecule has 0 spiro atoms. The van der Waals surface area contributed by atoms with Crippen LogP contribution in [0.4, 0.5) is 0 Å². The summed E-state index contributed by atoms with van der Waals surface area (Å²) in [6.45, 7) is 12.6. The molecule has 0 amide bonds. The van der Waals surface area contributed by atoms with Crippen molar-refractivity contribution in [3.8, 4) is 0 Å². The van der Waals surface area contributed by atoms with Gasteiger partial charge in [-0.3, -0.25) is 4.90 Å². The standard InChI is InChI=1S/C12H26N2O/c1-10-9-14(5-6-15-10)11(8-13)7-12(2,3)4/h10-11H,5-9,13H2,1-4H3. The van der Waals surface area contributed by atoms with Crippen LogP contribution in [-0.2, 0) is 4.74 Å². The van der Waals surface area contributed by atoms with Crippen molar-refractivity contribution >= 4 is 0 Å². The molecule has 1 aliphatic heterocycles. The maximum Gasteiger partial charge on any atom is 0.0674 e.